The van der Waals surface area contributed by atoms with E-state index in [0.717, 1.165) is 13.0 Å². The molecule has 1 aromatic rings. The smallest absolute Gasteiger partial charge is 0.252 e. The van der Waals surface area contributed by atoms with Gasteiger partial charge in [-0.05, 0) is 25.3 Å². The molecule has 0 aliphatic rings. The van der Waals surface area contributed by atoms with Gasteiger partial charge >= 0.3 is 0 Å². The van der Waals surface area contributed by atoms with Gasteiger partial charge in [0.2, 0.25) is 0 Å². The Morgan fingerprint density at radius 3 is 1.74 bits per heavy atom. The van der Waals surface area contributed by atoms with Crippen molar-refractivity contribution in [2.24, 2.45) is 0 Å². The molecule has 0 saturated carbocycles. The molecule has 0 fully saturated rings. The molecule has 156 valence electrons. The number of pyridine rings is 1. The second-order valence-electron chi connectivity index (χ2n) is 8.15. The molecule has 0 bridgehead atoms. The molecule has 1 heterocycles. The average Bonchev–Trinajstić information content (AvgIpc) is 2.68. The normalized spacial score (nSPS) is 11.2. The molecule has 0 unspecified atom stereocenters. The van der Waals surface area contributed by atoms with Crippen molar-refractivity contribution in [2.45, 2.75) is 124 Å². The van der Waals surface area contributed by atoms with Crippen LogP contribution in [0.4, 0.5) is 0 Å². The summed E-state index contributed by atoms with van der Waals surface area (Å²) >= 11 is 0. The fourth-order valence-corrected chi connectivity index (χ4v) is 3.74. The molecule has 0 aliphatic carbocycles. The van der Waals surface area contributed by atoms with Crippen LogP contribution in [0.1, 0.15) is 115 Å². The van der Waals surface area contributed by atoms with Crippen molar-refractivity contribution in [2.75, 3.05) is 6.61 Å². The van der Waals surface area contributed by atoms with Gasteiger partial charge in [0.15, 0.2) is 12.4 Å². The Morgan fingerprint density at radius 1 is 0.741 bits per heavy atom. The number of rotatable bonds is 18. The highest BCUT2D eigenvalue weighted by Crippen LogP contribution is 2.13. The minimum atomic E-state index is 0.684. The lowest BCUT2D eigenvalue weighted by atomic mass is 10.0. The highest BCUT2D eigenvalue weighted by atomic mass is 16.5. The summed E-state index contributed by atoms with van der Waals surface area (Å²) in [6.07, 6.45) is 25.1. The molecule has 2 heteroatoms. The lowest BCUT2D eigenvalue weighted by Crippen LogP contribution is -2.35. The minimum absolute atomic E-state index is 0.684. The molecule has 0 amide bonds. The number of aryl methyl sites for hydroxylation is 2. The summed E-state index contributed by atoms with van der Waals surface area (Å²) in [7, 11) is 0. The maximum absolute atomic E-state index is 5.82. The van der Waals surface area contributed by atoms with Gasteiger partial charge < -0.3 is 4.74 Å². The summed E-state index contributed by atoms with van der Waals surface area (Å²) < 4.78 is 7.97. The fourth-order valence-electron chi connectivity index (χ4n) is 3.74. The fraction of sp³-hybridized carbons (Fsp3) is 0.800. The van der Waals surface area contributed by atoms with E-state index in [9.17, 15) is 0 Å². The monoisotopic (exact) mass is 376 g/mol. The van der Waals surface area contributed by atoms with E-state index < -0.39 is 0 Å². The van der Waals surface area contributed by atoms with E-state index in [1.54, 1.807) is 0 Å². The maximum atomic E-state index is 5.82. The number of nitrogens with zero attached hydrogens (tertiary/aromatic N) is 1. The van der Waals surface area contributed by atoms with Gasteiger partial charge in [0, 0.05) is 11.6 Å². The molecule has 0 atom stereocenters. The van der Waals surface area contributed by atoms with Gasteiger partial charge in [-0.1, -0.05) is 97.3 Å². The van der Waals surface area contributed by atoms with Gasteiger partial charge in [0.05, 0.1) is 6.61 Å². The Labute approximate surface area is 169 Å². The first-order valence-electron chi connectivity index (χ1n) is 11.8. The number of hydrogen-bond acceptors (Lipinski definition) is 1. The third-order valence-corrected chi connectivity index (χ3v) is 5.60. The molecule has 0 spiro atoms. The first kappa shape index (κ1) is 24.1. The highest BCUT2D eigenvalue weighted by Gasteiger charge is 2.04. The minimum Gasteiger partial charge on any atom is -0.323 e. The highest BCUT2D eigenvalue weighted by molar-refractivity contribution is 5.18. The Bertz CT molecular complexity index is 458. The molecular weight excluding hydrogens is 330 g/mol. The van der Waals surface area contributed by atoms with Crippen molar-refractivity contribution in [3.8, 4) is 0 Å². The summed E-state index contributed by atoms with van der Waals surface area (Å²) in [6.45, 7) is 8.25. The van der Waals surface area contributed by atoms with Crippen LogP contribution in [0.5, 0.6) is 0 Å². The zero-order valence-corrected chi connectivity index (χ0v) is 18.6. The van der Waals surface area contributed by atoms with Gasteiger partial charge in [-0.15, -0.1) is 0 Å². The van der Waals surface area contributed by atoms with Crippen molar-refractivity contribution < 1.29 is 9.30 Å². The molecule has 1 aromatic heterocycles. The molecule has 2 nitrogen and oxygen atoms in total. The zero-order valence-electron chi connectivity index (χ0n) is 18.6. The topological polar surface area (TPSA) is 13.1 Å². The Morgan fingerprint density at radius 2 is 1.26 bits per heavy atom. The second-order valence-corrected chi connectivity index (χ2v) is 8.15. The Kier molecular flexibility index (Phi) is 15.4. The van der Waals surface area contributed by atoms with Crippen LogP contribution in [-0.4, -0.2) is 6.61 Å². The largest absolute Gasteiger partial charge is 0.323 e. The predicted molar refractivity (Wildman–Crippen MR) is 117 cm³/mol. The lowest BCUT2D eigenvalue weighted by molar-refractivity contribution is -0.733. The lowest BCUT2D eigenvalue weighted by Gasteiger charge is -2.05. The van der Waals surface area contributed by atoms with Crippen molar-refractivity contribution in [3.63, 3.8) is 0 Å². The maximum Gasteiger partial charge on any atom is 0.252 e. The van der Waals surface area contributed by atoms with Gasteiger partial charge in [-0.3, -0.25) is 0 Å². The molecule has 0 N–H and O–H groups in total. The van der Waals surface area contributed by atoms with E-state index in [0.29, 0.717) is 6.73 Å². The van der Waals surface area contributed by atoms with E-state index in [1.807, 2.05) is 0 Å². The first-order chi connectivity index (χ1) is 13.3. The summed E-state index contributed by atoms with van der Waals surface area (Å²) in [5, 5.41) is 0. The van der Waals surface area contributed by atoms with Crippen molar-refractivity contribution in [1.82, 2.24) is 0 Å². The van der Waals surface area contributed by atoms with E-state index in [2.05, 4.69) is 43.8 Å². The molecule has 27 heavy (non-hydrogen) atoms. The van der Waals surface area contributed by atoms with Gasteiger partial charge in [0.25, 0.3) is 6.73 Å². The van der Waals surface area contributed by atoms with E-state index in [-0.39, 0.29) is 0 Å². The van der Waals surface area contributed by atoms with Crippen LogP contribution in [0, 0.1) is 6.92 Å². The van der Waals surface area contributed by atoms with Crippen LogP contribution in [0.2, 0.25) is 0 Å². The first-order valence-corrected chi connectivity index (χ1v) is 11.8. The standard InChI is InChI=1S/C25H46NO/c1-4-6-7-8-9-10-11-12-13-14-15-16-17-18-21-27-23-26-20-19-25(5-2)24(3)22-26/h19-20,22H,4-18,21,23H2,1-3H3/q+1. The van der Waals surface area contributed by atoms with E-state index in [1.165, 1.54) is 101 Å². The third kappa shape index (κ3) is 13.0. The molecule has 0 radical (unpaired) electrons. The van der Waals surface area contributed by atoms with Crippen molar-refractivity contribution >= 4 is 0 Å². The van der Waals surface area contributed by atoms with Gasteiger partial charge in [-0.25, -0.2) is 0 Å². The van der Waals surface area contributed by atoms with E-state index in [4.69, 9.17) is 4.74 Å². The summed E-state index contributed by atoms with van der Waals surface area (Å²) in [5.41, 5.74) is 2.79. The van der Waals surface area contributed by atoms with Crippen molar-refractivity contribution in [1.29, 1.82) is 0 Å². The van der Waals surface area contributed by atoms with Crippen LogP contribution < -0.4 is 4.57 Å². The van der Waals surface area contributed by atoms with E-state index >= 15 is 0 Å². The third-order valence-electron chi connectivity index (χ3n) is 5.60. The summed E-state index contributed by atoms with van der Waals surface area (Å²) in [5.74, 6) is 0. The number of ether oxygens (including phenoxy) is 1. The summed E-state index contributed by atoms with van der Waals surface area (Å²) in [6, 6.07) is 2.21. The quantitative estimate of drug-likeness (QED) is 0.193. The number of hydrogen-bond donors (Lipinski definition) is 0. The number of unbranched alkanes of at least 4 members (excludes halogenated alkanes) is 13. The molecule has 0 aliphatic heterocycles. The molecule has 0 saturated heterocycles. The van der Waals surface area contributed by atoms with Gasteiger partial charge in [-0.2, -0.15) is 4.57 Å². The average molecular weight is 377 g/mol. The van der Waals surface area contributed by atoms with Crippen LogP contribution in [-0.2, 0) is 17.9 Å². The van der Waals surface area contributed by atoms with Crippen LogP contribution in [0.25, 0.3) is 0 Å². The van der Waals surface area contributed by atoms with Crippen LogP contribution >= 0.6 is 0 Å². The number of aromatic nitrogens is 1. The summed E-state index contributed by atoms with van der Waals surface area (Å²) in [4.78, 5) is 0. The predicted octanol–water partition coefficient (Wildman–Crippen LogP) is 7.30. The molecule has 1 rings (SSSR count). The second kappa shape index (κ2) is 17.2. The SMILES string of the molecule is CCCCCCCCCCCCCCCCOC[n+]1ccc(CC)c(C)c1. The molecular formula is C25H46NO+. The Balaban J connectivity index is 1.82. The Hall–Kier alpha value is -0.890. The van der Waals surface area contributed by atoms with Gasteiger partial charge in [0.1, 0.15) is 0 Å². The van der Waals surface area contributed by atoms with Crippen molar-refractivity contribution in [3.05, 3.63) is 29.6 Å². The molecule has 0 aromatic carbocycles. The van der Waals surface area contributed by atoms with Crippen LogP contribution in [0.15, 0.2) is 18.5 Å². The van der Waals surface area contributed by atoms with Crippen LogP contribution in [0.3, 0.4) is 0 Å². The zero-order chi connectivity index (χ0) is 19.6.